The van der Waals surface area contributed by atoms with Crippen molar-refractivity contribution >= 4 is 23.5 Å². The van der Waals surface area contributed by atoms with Gasteiger partial charge in [0.2, 0.25) is 5.95 Å². The van der Waals surface area contributed by atoms with Crippen molar-refractivity contribution in [2.45, 2.75) is 51.1 Å². The van der Waals surface area contributed by atoms with Crippen LogP contribution >= 0.6 is 0 Å². The second kappa shape index (κ2) is 9.49. The van der Waals surface area contributed by atoms with Gasteiger partial charge in [0.1, 0.15) is 5.82 Å². The molecule has 3 N–H and O–H groups in total. The number of nitrogens with one attached hydrogen (secondary N) is 1. The lowest BCUT2D eigenvalue weighted by Gasteiger charge is -2.36. The average molecular weight is 452 g/mol. The van der Waals surface area contributed by atoms with Crippen LogP contribution in [0, 0.1) is 6.92 Å². The van der Waals surface area contributed by atoms with Gasteiger partial charge in [0.15, 0.2) is 5.75 Å². The van der Waals surface area contributed by atoms with E-state index in [1.165, 1.54) is 23.1 Å². The summed E-state index contributed by atoms with van der Waals surface area (Å²) in [5, 5.41) is 3.32. The summed E-state index contributed by atoms with van der Waals surface area (Å²) in [6, 6.07) is 4.42. The van der Waals surface area contributed by atoms with Crippen molar-refractivity contribution < 1.29 is 22.7 Å². The number of amides is 2. The molecule has 0 saturated heterocycles. The maximum atomic E-state index is 12.8. The van der Waals surface area contributed by atoms with Gasteiger partial charge in [-0.1, -0.05) is 12.1 Å². The van der Waals surface area contributed by atoms with Gasteiger partial charge in [0.25, 0.3) is 0 Å². The number of carbonyl (C=O) groups excluding carboxylic acids is 1. The van der Waals surface area contributed by atoms with Crippen molar-refractivity contribution in [3.05, 3.63) is 36.0 Å². The molecular formula is C21H27F3N6O2. The van der Waals surface area contributed by atoms with Gasteiger partial charge in [-0.15, -0.1) is 13.2 Å². The van der Waals surface area contributed by atoms with Gasteiger partial charge in [-0.2, -0.15) is 4.98 Å². The zero-order valence-electron chi connectivity index (χ0n) is 18.2. The van der Waals surface area contributed by atoms with Crippen LogP contribution < -0.4 is 25.6 Å². The molecule has 2 amide bonds. The minimum atomic E-state index is -4.87. The van der Waals surface area contributed by atoms with Gasteiger partial charge < -0.3 is 20.7 Å². The minimum absolute atomic E-state index is 0.00577. The molecule has 3 rings (SSSR count). The molecule has 32 heavy (non-hydrogen) atoms. The molecule has 1 fully saturated rings. The highest BCUT2D eigenvalue weighted by Crippen LogP contribution is 2.36. The summed E-state index contributed by atoms with van der Waals surface area (Å²) in [5.41, 5.74) is 6.52. The van der Waals surface area contributed by atoms with Crippen molar-refractivity contribution in [3.63, 3.8) is 0 Å². The molecule has 1 aliphatic carbocycles. The quantitative estimate of drug-likeness (QED) is 0.686. The predicted molar refractivity (Wildman–Crippen MR) is 116 cm³/mol. The lowest BCUT2D eigenvalue weighted by Crippen LogP contribution is -2.47. The Morgan fingerprint density at radius 3 is 2.44 bits per heavy atom. The van der Waals surface area contributed by atoms with E-state index in [-0.39, 0.29) is 17.8 Å². The second-order valence-corrected chi connectivity index (χ2v) is 7.97. The number of nitrogens with zero attached hydrogens (tertiary/aromatic N) is 4. The first-order valence-electron chi connectivity index (χ1n) is 10.3. The number of urea groups is 1. The number of rotatable bonds is 6. The fourth-order valence-corrected chi connectivity index (χ4v) is 3.98. The second-order valence-electron chi connectivity index (χ2n) is 7.97. The molecule has 1 aromatic heterocycles. The molecule has 1 aliphatic rings. The molecule has 0 aliphatic heterocycles. The van der Waals surface area contributed by atoms with Crippen LogP contribution in [0.2, 0.25) is 0 Å². The van der Waals surface area contributed by atoms with Gasteiger partial charge in [0.05, 0.1) is 5.69 Å². The van der Waals surface area contributed by atoms with Crippen LogP contribution in [0.3, 0.4) is 0 Å². The summed E-state index contributed by atoms with van der Waals surface area (Å²) < 4.78 is 42.5. The molecule has 0 spiro atoms. The summed E-state index contributed by atoms with van der Waals surface area (Å²) in [6.07, 6.45) is -0.680. The highest BCUT2D eigenvalue weighted by Gasteiger charge is 2.35. The van der Waals surface area contributed by atoms with Gasteiger partial charge >= 0.3 is 12.4 Å². The molecule has 1 aromatic carbocycles. The number of anilines is 3. The zero-order valence-corrected chi connectivity index (χ0v) is 18.2. The van der Waals surface area contributed by atoms with Crippen molar-refractivity contribution in [2.75, 3.05) is 29.2 Å². The third kappa shape index (κ3) is 5.71. The van der Waals surface area contributed by atoms with Gasteiger partial charge in [0, 0.05) is 37.9 Å². The summed E-state index contributed by atoms with van der Waals surface area (Å²) in [5.74, 6) is 0.874. The van der Waals surface area contributed by atoms with Crippen molar-refractivity contribution in [2.24, 2.45) is 5.73 Å². The van der Waals surface area contributed by atoms with Crippen LogP contribution in [0.4, 0.5) is 35.4 Å². The maximum absolute atomic E-state index is 12.8. The molecule has 1 saturated carbocycles. The fraction of sp³-hybridized carbons (Fsp3) is 0.476. The Labute approximate surface area is 184 Å². The monoisotopic (exact) mass is 452 g/mol. The zero-order chi connectivity index (χ0) is 23.5. The van der Waals surface area contributed by atoms with Crippen LogP contribution in [-0.4, -0.2) is 48.5 Å². The minimum Gasteiger partial charge on any atom is -0.404 e. The van der Waals surface area contributed by atoms with E-state index in [2.05, 4.69) is 20.0 Å². The van der Waals surface area contributed by atoms with Gasteiger partial charge in [-0.3, -0.25) is 4.90 Å². The number of aromatic nitrogens is 2. The van der Waals surface area contributed by atoms with E-state index in [1.54, 1.807) is 12.3 Å². The van der Waals surface area contributed by atoms with Crippen LogP contribution in [0.15, 0.2) is 30.5 Å². The Morgan fingerprint density at radius 1 is 1.19 bits per heavy atom. The van der Waals surface area contributed by atoms with E-state index in [4.69, 9.17) is 5.73 Å². The molecule has 2 aromatic rings. The third-order valence-electron chi connectivity index (χ3n) is 5.35. The Kier molecular flexibility index (Phi) is 6.95. The third-order valence-corrected chi connectivity index (χ3v) is 5.35. The van der Waals surface area contributed by atoms with Crippen molar-refractivity contribution in [3.8, 4) is 5.75 Å². The first kappa shape index (κ1) is 23.4. The number of halogens is 3. The number of aryl methyl sites for hydroxylation is 1. The highest BCUT2D eigenvalue weighted by atomic mass is 19.4. The van der Waals surface area contributed by atoms with E-state index < -0.39 is 18.1 Å². The molecule has 0 bridgehead atoms. The van der Waals surface area contributed by atoms with Crippen LogP contribution in [-0.2, 0) is 0 Å². The first-order chi connectivity index (χ1) is 15.0. The molecule has 0 unspecified atom stereocenters. The van der Waals surface area contributed by atoms with E-state index in [0.717, 1.165) is 11.4 Å². The predicted octanol–water partition coefficient (Wildman–Crippen LogP) is 4.06. The van der Waals surface area contributed by atoms with Gasteiger partial charge in [-0.25, -0.2) is 9.78 Å². The summed E-state index contributed by atoms with van der Waals surface area (Å²) in [6.45, 7) is 1.93. The Balaban J connectivity index is 1.71. The molecule has 1 heterocycles. The standard InChI is InChI=1S/C21H27F3N6O2/c1-13-12-26-20(28-18(13)29(2)3)27-14-8-10-15(11-9-14)30(19(25)31)16-6-4-5-7-17(16)32-21(22,23)24/h4-7,12,14-15H,8-11H2,1-3H3,(H2,25,31)(H,26,27,28)/t14-,15+. The van der Waals surface area contributed by atoms with Crippen LogP contribution in [0.1, 0.15) is 31.2 Å². The molecule has 0 atom stereocenters. The largest absolute Gasteiger partial charge is 0.573 e. The lowest BCUT2D eigenvalue weighted by molar-refractivity contribution is -0.274. The van der Waals surface area contributed by atoms with E-state index in [9.17, 15) is 18.0 Å². The van der Waals surface area contributed by atoms with Crippen molar-refractivity contribution in [1.29, 1.82) is 0 Å². The summed E-state index contributed by atoms with van der Waals surface area (Å²) in [4.78, 5) is 24.2. The Hall–Kier alpha value is -3.24. The maximum Gasteiger partial charge on any atom is 0.573 e. The molecular weight excluding hydrogens is 425 g/mol. The summed E-state index contributed by atoms with van der Waals surface area (Å²) in [7, 11) is 3.81. The molecule has 0 radical (unpaired) electrons. The fourth-order valence-electron chi connectivity index (χ4n) is 3.98. The van der Waals surface area contributed by atoms with Crippen LogP contribution in [0.25, 0.3) is 0 Å². The number of primary amides is 1. The number of para-hydroxylation sites is 2. The number of carbonyl (C=O) groups is 1. The Morgan fingerprint density at radius 2 is 1.84 bits per heavy atom. The first-order valence-corrected chi connectivity index (χ1v) is 10.3. The topological polar surface area (TPSA) is 96.6 Å². The van der Waals surface area contributed by atoms with E-state index in [0.29, 0.717) is 31.6 Å². The van der Waals surface area contributed by atoms with E-state index >= 15 is 0 Å². The molecule has 11 heteroatoms. The normalized spacial score (nSPS) is 18.7. The highest BCUT2D eigenvalue weighted by molar-refractivity contribution is 5.93. The lowest BCUT2D eigenvalue weighted by atomic mass is 9.90. The van der Waals surface area contributed by atoms with Crippen LogP contribution in [0.5, 0.6) is 5.75 Å². The number of hydrogen-bond acceptors (Lipinski definition) is 6. The number of benzene rings is 1. The smallest absolute Gasteiger partial charge is 0.404 e. The van der Waals surface area contributed by atoms with Gasteiger partial charge in [-0.05, 0) is 44.7 Å². The molecule has 174 valence electrons. The number of hydrogen-bond donors (Lipinski definition) is 2. The summed E-state index contributed by atoms with van der Waals surface area (Å²) >= 11 is 0. The number of ether oxygens (including phenoxy) is 1. The number of nitrogens with two attached hydrogens (primary N) is 1. The Bertz CT molecular complexity index is 945. The van der Waals surface area contributed by atoms with Crippen molar-refractivity contribution in [1.82, 2.24) is 9.97 Å². The van der Waals surface area contributed by atoms with E-state index in [1.807, 2.05) is 25.9 Å². The molecule has 8 nitrogen and oxygen atoms in total. The average Bonchev–Trinajstić information content (AvgIpc) is 2.70. The number of alkyl halides is 3. The SMILES string of the molecule is Cc1cnc(N[C@H]2CC[C@@H](N(C(N)=O)c3ccccc3OC(F)(F)F)CC2)nc1N(C)C.